The van der Waals surface area contributed by atoms with Gasteiger partial charge in [-0.3, -0.25) is 4.79 Å². The van der Waals surface area contributed by atoms with Gasteiger partial charge in [0.25, 0.3) is 5.91 Å². The molecular formula is C21H19Cl2FN4O3S. The highest BCUT2D eigenvalue weighted by molar-refractivity contribution is 7.89. The quantitative estimate of drug-likeness (QED) is 0.547. The summed E-state index contributed by atoms with van der Waals surface area (Å²) < 4.78 is 42.7. The number of benzene rings is 2. The second kappa shape index (κ2) is 9.19. The molecule has 1 aliphatic heterocycles. The normalized spacial score (nSPS) is 14.6. The molecule has 1 amide bonds. The third-order valence-electron chi connectivity index (χ3n) is 5.20. The summed E-state index contributed by atoms with van der Waals surface area (Å²) in [6, 6.07) is 9.98. The van der Waals surface area contributed by atoms with Crippen LogP contribution in [-0.2, 0) is 16.6 Å². The van der Waals surface area contributed by atoms with Gasteiger partial charge in [-0.05, 0) is 43.2 Å². The van der Waals surface area contributed by atoms with E-state index in [-0.39, 0.29) is 12.1 Å². The molecule has 0 unspecified atom stereocenters. The number of hydrogen-bond donors (Lipinski definition) is 1. The van der Waals surface area contributed by atoms with Crippen molar-refractivity contribution < 1.29 is 17.6 Å². The van der Waals surface area contributed by atoms with Gasteiger partial charge in [-0.2, -0.15) is 9.40 Å². The number of nitrogens with one attached hydrogen (secondary N) is 1. The van der Waals surface area contributed by atoms with E-state index < -0.39 is 26.6 Å². The molecule has 0 saturated carbocycles. The summed E-state index contributed by atoms with van der Waals surface area (Å²) in [5.74, 6) is -1.15. The van der Waals surface area contributed by atoms with E-state index in [0.29, 0.717) is 34.5 Å². The van der Waals surface area contributed by atoms with Gasteiger partial charge in [0, 0.05) is 40.3 Å². The van der Waals surface area contributed by atoms with Crippen molar-refractivity contribution in [2.24, 2.45) is 0 Å². The summed E-state index contributed by atoms with van der Waals surface area (Å²) in [5, 5.41) is 7.78. The lowest BCUT2D eigenvalue weighted by Crippen LogP contribution is -2.29. The Morgan fingerprint density at radius 3 is 2.47 bits per heavy atom. The molecule has 7 nitrogen and oxygen atoms in total. The van der Waals surface area contributed by atoms with Crippen LogP contribution in [0.4, 0.5) is 10.2 Å². The molecular weight excluding hydrogens is 478 g/mol. The fourth-order valence-corrected chi connectivity index (χ4v) is 5.62. The lowest BCUT2D eigenvalue weighted by Gasteiger charge is -2.16. The lowest BCUT2D eigenvalue weighted by molar-refractivity contribution is 0.102. The molecule has 0 spiro atoms. The topological polar surface area (TPSA) is 84.3 Å². The number of rotatable bonds is 6. The van der Waals surface area contributed by atoms with Gasteiger partial charge in [0.05, 0.1) is 12.7 Å². The molecule has 0 aliphatic carbocycles. The maximum absolute atomic E-state index is 14.4. The Balaban J connectivity index is 1.58. The van der Waals surface area contributed by atoms with E-state index in [1.807, 2.05) is 0 Å². The van der Waals surface area contributed by atoms with Crippen LogP contribution in [0.5, 0.6) is 0 Å². The molecule has 0 atom stereocenters. The van der Waals surface area contributed by atoms with Crippen molar-refractivity contribution in [3.63, 3.8) is 0 Å². The zero-order valence-corrected chi connectivity index (χ0v) is 19.1. The Labute approximate surface area is 194 Å². The fourth-order valence-electron chi connectivity index (χ4n) is 3.50. The number of halogens is 3. The Bertz CT molecular complexity index is 1250. The second-order valence-corrected chi connectivity index (χ2v) is 10.0. The van der Waals surface area contributed by atoms with Crippen molar-refractivity contribution >= 4 is 45.0 Å². The first-order valence-electron chi connectivity index (χ1n) is 9.83. The number of carbonyl (C=O) groups is 1. The first kappa shape index (κ1) is 22.7. The Morgan fingerprint density at radius 1 is 1.09 bits per heavy atom. The van der Waals surface area contributed by atoms with Crippen LogP contribution in [0.3, 0.4) is 0 Å². The first-order chi connectivity index (χ1) is 15.3. The molecule has 0 radical (unpaired) electrons. The van der Waals surface area contributed by atoms with Crippen LogP contribution >= 0.6 is 23.2 Å². The maximum atomic E-state index is 14.4. The highest BCUT2D eigenvalue weighted by Crippen LogP contribution is 2.27. The number of nitrogens with zero attached hydrogens (tertiary/aromatic N) is 3. The van der Waals surface area contributed by atoms with Crippen LogP contribution in [0.2, 0.25) is 10.0 Å². The predicted octanol–water partition coefficient (Wildman–Crippen LogP) is 4.41. The molecule has 0 bridgehead atoms. The number of anilines is 1. The fraction of sp³-hybridized carbons (Fsp3) is 0.238. The molecule has 1 N–H and O–H groups in total. The van der Waals surface area contributed by atoms with E-state index in [1.54, 1.807) is 24.3 Å². The lowest BCUT2D eigenvalue weighted by atomic mass is 10.2. The van der Waals surface area contributed by atoms with Gasteiger partial charge in [-0.25, -0.2) is 17.5 Å². The van der Waals surface area contributed by atoms with Crippen molar-refractivity contribution in [1.29, 1.82) is 0 Å². The van der Waals surface area contributed by atoms with Gasteiger partial charge in [0.1, 0.15) is 16.5 Å². The molecule has 1 aromatic heterocycles. The SMILES string of the molecule is O=C(Nc1ccnn1Cc1c(Cl)cccc1Cl)c1ccc(F)c(S(=O)(=O)N2CCCC2)c1. The molecule has 11 heteroatoms. The monoisotopic (exact) mass is 496 g/mol. The number of sulfonamides is 1. The van der Waals surface area contributed by atoms with Crippen LogP contribution in [0.25, 0.3) is 0 Å². The molecule has 1 fully saturated rings. The molecule has 2 heterocycles. The van der Waals surface area contributed by atoms with Gasteiger partial charge < -0.3 is 5.32 Å². The third-order valence-corrected chi connectivity index (χ3v) is 7.83. The van der Waals surface area contributed by atoms with Crippen molar-refractivity contribution in [2.45, 2.75) is 24.3 Å². The van der Waals surface area contributed by atoms with E-state index in [4.69, 9.17) is 23.2 Å². The smallest absolute Gasteiger partial charge is 0.256 e. The summed E-state index contributed by atoms with van der Waals surface area (Å²) in [4.78, 5) is 12.3. The van der Waals surface area contributed by atoms with Gasteiger partial charge in [-0.15, -0.1) is 0 Å². The van der Waals surface area contributed by atoms with E-state index in [2.05, 4.69) is 10.4 Å². The minimum atomic E-state index is -4.01. The highest BCUT2D eigenvalue weighted by atomic mass is 35.5. The number of amides is 1. The van der Waals surface area contributed by atoms with E-state index in [0.717, 1.165) is 25.0 Å². The Kier molecular flexibility index (Phi) is 6.52. The molecule has 3 aromatic rings. The summed E-state index contributed by atoms with van der Waals surface area (Å²) in [7, 11) is -4.01. The minimum Gasteiger partial charge on any atom is -0.307 e. The average molecular weight is 497 g/mol. The van der Waals surface area contributed by atoms with Crippen LogP contribution in [-0.4, -0.2) is 41.5 Å². The standard InChI is InChI=1S/C21H19Cl2FN4O3S/c22-16-4-3-5-17(23)15(16)13-28-20(8-9-25-28)26-21(29)14-6-7-18(24)19(12-14)32(30,31)27-10-1-2-11-27/h3-9,12H,1-2,10-11,13H2,(H,26,29). The van der Waals surface area contributed by atoms with Gasteiger partial charge in [0.15, 0.2) is 0 Å². The van der Waals surface area contributed by atoms with Gasteiger partial charge >= 0.3 is 0 Å². The van der Waals surface area contributed by atoms with Crippen LogP contribution < -0.4 is 5.32 Å². The van der Waals surface area contributed by atoms with Crippen LogP contribution in [0.1, 0.15) is 28.8 Å². The van der Waals surface area contributed by atoms with Crippen LogP contribution in [0, 0.1) is 5.82 Å². The Hall–Kier alpha value is -2.46. The molecule has 2 aromatic carbocycles. The zero-order valence-electron chi connectivity index (χ0n) is 16.8. The van der Waals surface area contributed by atoms with Gasteiger partial charge in [0.2, 0.25) is 10.0 Å². The molecule has 32 heavy (non-hydrogen) atoms. The summed E-state index contributed by atoms with van der Waals surface area (Å²) in [6.07, 6.45) is 2.94. The number of aromatic nitrogens is 2. The zero-order chi connectivity index (χ0) is 22.9. The predicted molar refractivity (Wildman–Crippen MR) is 120 cm³/mol. The average Bonchev–Trinajstić information content (AvgIpc) is 3.44. The summed E-state index contributed by atoms with van der Waals surface area (Å²) >= 11 is 12.4. The number of carbonyl (C=O) groups excluding carboxylic acids is 1. The second-order valence-electron chi connectivity index (χ2n) is 7.28. The summed E-state index contributed by atoms with van der Waals surface area (Å²) in [5.41, 5.74) is 0.642. The maximum Gasteiger partial charge on any atom is 0.256 e. The van der Waals surface area contributed by atoms with Crippen molar-refractivity contribution in [2.75, 3.05) is 18.4 Å². The molecule has 168 valence electrons. The summed E-state index contributed by atoms with van der Waals surface area (Å²) in [6.45, 7) is 0.878. The van der Waals surface area contributed by atoms with E-state index in [1.165, 1.54) is 21.3 Å². The van der Waals surface area contributed by atoms with Crippen LogP contribution in [0.15, 0.2) is 53.6 Å². The van der Waals surface area contributed by atoms with Crippen molar-refractivity contribution in [3.8, 4) is 0 Å². The first-order valence-corrected chi connectivity index (χ1v) is 12.0. The third kappa shape index (κ3) is 4.52. The number of hydrogen-bond acceptors (Lipinski definition) is 4. The van der Waals surface area contributed by atoms with Crippen molar-refractivity contribution in [1.82, 2.24) is 14.1 Å². The highest BCUT2D eigenvalue weighted by Gasteiger charge is 2.30. The molecule has 1 saturated heterocycles. The Morgan fingerprint density at radius 2 is 1.78 bits per heavy atom. The largest absolute Gasteiger partial charge is 0.307 e. The van der Waals surface area contributed by atoms with E-state index in [9.17, 15) is 17.6 Å². The molecule has 4 rings (SSSR count). The van der Waals surface area contributed by atoms with E-state index >= 15 is 0 Å². The molecule has 1 aliphatic rings. The van der Waals surface area contributed by atoms with Gasteiger partial charge in [-0.1, -0.05) is 29.3 Å². The van der Waals surface area contributed by atoms with Crippen molar-refractivity contribution in [3.05, 3.63) is 75.7 Å². The minimum absolute atomic E-state index is 0.00713.